The molecule has 0 unspecified atom stereocenters. The highest BCUT2D eigenvalue weighted by Crippen LogP contribution is 2.40. The number of oxime groups is 1. The van der Waals surface area contributed by atoms with Crippen molar-refractivity contribution in [1.82, 2.24) is 24.3 Å². The standard InChI is InChI=1S/C21H21N9O6S2/c1-2-7-36-26-13(16-25-21(22)38-27-16)17(32)24-14-18(33)30-15(20(34)35)10(9-37-19(14)30)8-28-5-3-11-23-12(31)4-6-29(11)28/h2-3,5,14,19H,1,4,6-9H2,(H4,22,24,25,27,32,34,35)/p+1/t14-,19-/m1/s1. The molecule has 0 bridgehead atoms. The number of aromatic nitrogens is 4. The Kier molecular flexibility index (Phi) is 6.85. The van der Waals surface area contributed by atoms with Gasteiger partial charge in [-0.3, -0.25) is 19.3 Å². The minimum atomic E-state index is -1.25. The van der Waals surface area contributed by atoms with Gasteiger partial charge in [0.15, 0.2) is 23.7 Å². The van der Waals surface area contributed by atoms with E-state index in [9.17, 15) is 24.3 Å². The Balaban J connectivity index is 1.34. The Hall–Kier alpha value is -4.25. The van der Waals surface area contributed by atoms with Crippen LogP contribution in [0.4, 0.5) is 10.9 Å². The summed E-state index contributed by atoms with van der Waals surface area (Å²) in [6.45, 7) is 4.20. The molecule has 3 aliphatic rings. The molecule has 3 aliphatic heterocycles. The lowest BCUT2D eigenvalue weighted by atomic mass is 10.0. The second-order valence-electron chi connectivity index (χ2n) is 8.32. The van der Waals surface area contributed by atoms with Crippen LogP contribution >= 0.6 is 23.3 Å². The molecule has 0 aliphatic carbocycles. The number of carbonyl (C=O) groups is 4. The number of carboxylic acid groups (broad SMARTS) is 1. The van der Waals surface area contributed by atoms with Gasteiger partial charge in [0.25, 0.3) is 11.8 Å². The molecule has 0 saturated carbocycles. The lowest BCUT2D eigenvalue weighted by molar-refractivity contribution is -0.767. The number of hydrogen-bond donors (Lipinski definition) is 4. The van der Waals surface area contributed by atoms with Crippen molar-refractivity contribution in [3.8, 4) is 0 Å². The van der Waals surface area contributed by atoms with E-state index in [4.69, 9.17) is 10.6 Å². The normalized spacial score (nSPS) is 20.7. The second-order valence-corrected chi connectivity index (χ2v) is 10.2. The highest BCUT2D eigenvalue weighted by molar-refractivity contribution is 8.00. The first kappa shape index (κ1) is 25.4. The van der Waals surface area contributed by atoms with Crippen LogP contribution in [0.25, 0.3) is 0 Å². The lowest BCUT2D eigenvalue weighted by Gasteiger charge is -2.49. The summed E-state index contributed by atoms with van der Waals surface area (Å²) in [4.78, 5) is 60.2. The number of carbonyl (C=O) groups excluding carboxylic acids is 3. The van der Waals surface area contributed by atoms with E-state index >= 15 is 0 Å². The van der Waals surface area contributed by atoms with E-state index < -0.39 is 29.2 Å². The summed E-state index contributed by atoms with van der Waals surface area (Å²) in [6, 6.07) is 0.743. The third-order valence-electron chi connectivity index (χ3n) is 5.92. The van der Waals surface area contributed by atoms with Crippen molar-refractivity contribution in [3.63, 3.8) is 0 Å². The van der Waals surface area contributed by atoms with Crippen molar-refractivity contribution < 1.29 is 33.8 Å². The number of amides is 3. The van der Waals surface area contributed by atoms with Gasteiger partial charge in [-0.15, -0.1) is 21.1 Å². The number of fused-ring (bicyclic) bond motifs is 2. The van der Waals surface area contributed by atoms with Crippen molar-refractivity contribution in [2.24, 2.45) is 5.16 Å². The van der Waals surface area contributed by atoms with Gasteiger partial charge in [-0.05, 0) is 0 Å². The molecule has 2 atom stereocenters. The monoisotopic (exact) mass is 560 g/mol. The zero-order valence-corrected chi connectivity index (χ0v) is 21.3. The number of nitrogens with two attached hydrogens (primary N) is 1. The lowest BCUT2D eigenvalue weighted by Crippen LogP contribution is -2.71. The molecule has 5 N–H and O–H groups in total. The maximum Gasteiger partial charge on any atom is 0.352 e. The summed E-state index contributed by atoms with van der Waals surface area (Å²) in [6.07, 6.45) is 3.49. The zero-order chi connectivity index (χ0) is 27.0. The molecular weight excluding hydrogens is 538 g/mol. The van der Waals surface area contributed by atoms with Crippen LogP contribution in [0.5, 0.6) is 0 Å². The highest BCUT2D eigenvalue weighted by Gasteiger charge is 2.55. The number of β-lactam (4-membered cyclic amide) rings is 1. The van der Waals surface area contributed by atoms with E-state index in [1.807, 2.05) is 4.68 Å². The fraction of sp³-hybridized carbons (Fsp3) is 0.333. The number of carboxylic acids is 1. The van der Waals surface area contributed by atoms with Crippen LogP contribution < -0.4 is 21.0 Å². The molecular formula is C21H22N9O6S2+. The van der Waals surface area contributed by atoms with Crippen molar-refractivity contribution >= 4 is 63.6 Å². The van der Waals surface area contributed by atoms with E-state index in [0.717, 1.165) is 11.5 Å². The Labute approximate surface area is 223 Å². The molecule has 5 rings (SSSR count). The number of nitrogen functional groups attached to an aromatic ring is 1. The smallest absolute Gasteiger partial charge is 0.352 e. The number of nitrogens with zero attached hydrogens (tertiary/aromatic N) is 6. The van der Waals surface area contributed by atoms with Crippen LogP contribution in [0.2, 0.25) is 0 Å². The molecule has 1 fully saturated rings. The molecule has 15 nitrogen and oxygen atoms in total. The number of thioether (sulfide) groups is 1. The molecule has 3 amide bonds. The van der Waals surface area contributed by atoms with Gasteiger partial charge in [0.2, 0.25) is 17.4 Å². The average Bonchev–Trinajstić information content (AvgIpc) is 3.50. The van der Waals surface area contributed by atoms with Gasteiger partial charge in [-0.25, -0.2) is 4.79 Å². The first-order chi connectivity index (χ1) is 18.3. The Morgan fingerprint density at radius 3 is 2.97 bits per heavy atom. The minimum absolute atomic E-state index is 0.0236. The maximum atomic E-state index is 13.1. The van der Waals surface area contributed by atoms with Crippen molar-refractivity contribution in [2.75, 3.05) is 23.4 Å². The van der Waals surface area contributed by atoms with Gasteiger partial charge in [0.05, 0.1) is 19.0 Å². The molecule has 0 radical (unpaired) electrons. The van der Waals surface area contributed by atoms with E-state index in [1.165, 1.54) is 22.7 Å². The summed E-state index contributed by atoms with van der Waals surface area (Å²) in [7, 11) is 0. The van der Waals surface area contributed by atoms with E-state index in [1.54, 1.807) is 16.9 Å². The third-order valence-corrected chi connectivity index (χ3v) is 7.80. The SMILES string of the molecule is C=CCON=C(C(=O)N[C@@H]1C(=O)N2C(C(=O)O)=C(C[n+]3ccc4n3CCC(=O)N4)CS[C@H]12)c1nsc(N)n1. The van der Waals surface area contributed by atoms with Crippen molar-refractivity contribution in [3.05, 3.63) is 42.0 Å². The van der Waals surface area contributed by atoms with Crippen LogP contribution in [0.15, 0.2) is 41.3 Å². The topological polar surface area (TPSA) is 198 Å². The largest absolute Gasteiger partial charge is 0.477 e. The average molecular weight is 561 g/mol. The molecule has 38 heavy (non-hydrogen) atoms. The molecule has 0 aromatic carbocycles. The van der Waals surface area contributed by atoms with Gasteiger partial charge in [0.1, 0.15) is 23.7 Å². The Bertz CT molecular complexity index is 1410. The number of hydrogen-bond acceptors (Lipinski definition) is 11. The molecule has 1 saturated heterocycles. The number of rotatable bonds is 9. The fourth-order valence-electron chi connectivity index (χ4n) is 4.25. The Morgan fingerprint density at radius 2 is 2.26 bits per heavy atom. The predicted molar refractivity (Wildman–Crippen MR) is 135 cm³/mol. The van der Waals surface area contributed by atoms with Crippen LogP contribution in [0.1, 0.15) is 12.2 Å². The number of aliphatic carboxylic acids is 1. The van der Waals surface area contributed by atoms with E-state index in [0.29, 0.717) is 30.1 Å². The number of anilines is 2. The van der Waals surface area contributed by atoms with Crippen LogP contribution in [-0.4, -0.2) is 77.2 Å². The van der Waals surface area contributed by atoms with Crippen LogP contribution in [0.3, 0.4) is 0 Å². The summed E-state index contributed by atoms with van der Waals surface area (Å²) < 4.78 is 7.63. The van der Waals surface area contributed by atoms with Gasteiger partial charge in [0, 0.05) is 22.9 Å². The maximum absolute atomic E-state index is 13.1. The van der Waals surface area contributed by atoms with Crippen LogP contribution in [-0.2, 0) is 37.1 Å². The van der Waals surface area contributed by atoms with Gasteiger partial charge < -0.3 is 26.3 Å². The van der Waals surface area contributed by atoms with E-state index in [-0.39, 0.29) is 41.4 Å². The van der Waals surface area contributed by atoms with Gasteiger partial charge >= 0.3 is 5.97 Å². The Morgan fingerprint density at radius 1 is 1.45 bits per heavy atom. The fourth-order valence-corrected chi connectivity index (χ4v) is 6.02. The summed E-state index contributed by atoms with van der Waals surface area (Å²) in [5.74, 6) is -1.80. The molecule has 2 aromatic rings. The van der Waals surface area contributed by atoms with Gasteiger partial charge in [-0.1, -0.05) is 17.8 Å². The minimum Gasteiger partial charge on any atom is -0.477 e. The highest BCUT2D eigenvalue weighted by atomic mass is 32.2. The predicted octanol–water partition coefficient (Wildman–Crippen LogP) is -1.10. The second kappa shape index (κ2) is 10.3. The molecule has 2 aromatic heterocycles. The summed E-state index contributed by atoms with van der Waals surface area (Å²) in [5, 5.41) is 18.6. The van der Waals surface area contributed by atoms with E-state index in [2.05, 4.69) is 31.7 Å². The molecule has 5 heterocycles. The quantitative estimate of drug-likeness (QED) is 0.0729. The van der Waals surface area contributed by atoms with Crippen molar-refractivity contribution in [1.29, 1.82) is 0 Å². The zero-order valence-electron chi connectivity index (χ0n) is 19.7. The van der Waals surface area contributed by atoms with Crippen molar-refractivity contribution in [2.45, 2.75) is 30.9 Å². The number of nitrogens with one attached hydrogen (secondary N) is 2. The third kappa shape index (κ3) is 4.60. The molecule has 17 heteroatoms. The van der Waals surface area contributed by atoms with Gasteiger partial charge in [-0.2, -0.15) is 9.36 Å². The molecule has 0 spiro atoms. The molecule has 198 valence electrons. The summed E-state index contributed by atoms with van der Waals surface area (Å²) in [5.41, 5.74) is 5.76. The first-order valence-electron chi connectivity index (χ1n) is 11.3. The summed E-state index contributed by atoms with van der Waals surface area (Å²) >= 11 is 2.20. The van der Waals surface area contributed by atoms with Crippen LogP contribution in [0, 0.1) is 0 Å². The first-order valence-corrected chi connectivity index (χ1v) is 13.1.